The monoisotopic (exact) mass is 228 g/mol. The zero-order valence-electron chi connectivity index (χ0n) is 9.32. The first-order valence-electron chi connectivity index (χ1n) is 4.78. The van der Waals surface area contributed by atoms with E-state index in [1.807, 2.05) is 19.4 Å². The van der Waals surface area contributed by atoms with Crippen molar-refractivity contribution in [2.75, 3.05) is 20.7 Å². The minimum absolute atomic E-state index is 0.170. The van der Waals surface area contributed by atoms with Crippen LogP contribution >= 0.6 is 11.3 Å². The van der Waals surface area contributed by atoms with Gasteiger partial charge in [-0.05, 0) is 14.0 Å². The maximum atomic E-state index is 10.9. The Hall–Kier alpha value is -0.940. The number of carbonyl (C=O) groups is 1. The first-order chi connectivity index (χ1) is 7.11. The number of hydrogen-bond acceptors (Lipinski definition) is 5. The summed E-state index contributed by atoms with van der Waals surface area (Å²) in [4.78, 5) is 17.3. The third kappa shape index (κ3) is 4.40. The van der Waals surface area contributed by atoms with Gasteiger partial charge in [-0.2, -0.15) is 0 Å². The van der Waals surface area contributed by atoms with Crippen LogP contribution in [-0.4, -0.2) is 36.6 Å². The molecule has 0 saturated heterocycles. The number of hydrogen-bond donors (Lipinski definition) is 0. The Morgan fingerprint density at radius 1 is 1.67 bits per heavy atom. The minimum atomic E-state index is -0.170. The molecule has 0 radical (unpaired) electrons. The average molecular weight is 228 g/mol. The fraction of sp³-hybridized carbons (Fsp3) is 0.600. The molecule has 0 spiro atoms. The number of aryl methyl sites for hydroxylation is 1. The predicted molar refractivity (Wildman–Crippen MR) is 59.8 cm³/mol. The molecular formula is C10H16N2O2S. The van der Waals surface area contributed by atoms with Gasteiger partial charge in [-0.1, -0.05) is 0 Å². The van der Waals surface area contributed by atoms with Gasteiger partial charge in [-0.25, -0.2) is 4.98 Å². The van der Waals surface area contributed by atoms with Crippen molar-refractivity contribution in [2.24, 2.45) is 0 Å². The van der Waals surface area contributed by atoms with E-state index in [-0.39, 0.29) is 5.97 Å². The third-order valence-corrected chi connectivity index (χ3v) is 2.85. The second-order valence-corrected chi connectivity index (χ2v) is 4.48. The maximum absolute atomic E-state index is 10.9. The van der Waals surface area contributed by atoms with Gasteiger partial charge >= 0.3 is 5.97 Å². The highest BCUT2D eigenvalue weighted by atomic mass is 32.1. The van der Waals surface area contributed by atoms with Gasteiger partial charge in [0.2, 0.25) is 0 Å². The Balaban J connectivity index is 2.30. The molecule has 0 aliphatic rings. The van der Waals surface area contributed by atoms with Gasteiger partial charge in [0, 0.05) is 18.5 Å². The second-order valence-electron chi connectivity index (χ2n) is 3.42. The number of methoxy groups -OCH3 is 1. The molecule has 0 atom stereocenters. The molecule has 0 fully saturated rings. The molecule has 1 heterocycles. The normalized spacial score (nSPS) is 10.7. The topological polar surface area (TPSA) is 42.4 Å². The van der Waals surface area contributed by atoms with Crippen molar-refractivity contribution >= 4 is 17.3 Å². The van der Waals surface area contributed by atoms with Gasteiger partial charge in [0.1, 0.15) is 0 Å². The average Bonchev–Trinajstić information content (AvgIpc) is 2.60. The first kappa shape index (κ1) is 12.1. The molecule has 5 heteroatoms. The maximum Gasteiger partial charge on any atom is 0.306 e. The summed E-state index contributed by atoms with van der Waals surface area (Å²) in [7, 11) is 3.38. The van der Waals surface area contributed by atoms with Crippen LogP contribution in [0.5, 0.6) is 0 Å². The minimum Gasteiger partial charge on any atom is -0.469 e. The lowest BCUT2D eigenvalue weighted by atomic mass is 10.3. The van der Waals surface area contributed by atoms with Crippen molar-refractivity contribution in [1.82, 2.24) is 9.88 Å². The van der Waals surface area contributed by atoms with Crippen LogP contribution < -0.4 is 0 Å². The van der Waals surface area contributed by atoms with Crippen LogP contribution in [0.15, 0.2) is 5.38 Å². The van der Waals surface area contributed by atoms with Gasteiger partial charge in [0.25, 0.3) is 0 Å². The van der Waals surface area contributed by atoms with Crippen molar-refractivity contribution in [1.29, 1.82) is 0 Å². The summed E-state index contributed by atoms with van der Waals surface area (Å²) in [6, 6.07) is 0. The van der Waals surface area contributed by atoms with Crippen molar-refractivity contribution in [3.8, 4) is 0 Å². The van der Waals surface area contributed by atoms with E-state index in [9.17, 15) is 4.79 Å². The SMILES string of the molecule is COC(=O)CCN(C)Cc1csc(C)n1. The van der Waals surface area contributed by atoms with E-state index in [0.717, 1.165) is 17.2 Å². The lowest BCUT2D eigenvalue weighted by Crippen LogP contribution is -2.22. The standard InChI is InChI=1S/C10H16N2O2S/c1-8-11-9(7-15-8)6-12(2)5-4-10(13)14-3/h7H,4-6H2,1-3H3. The summed E-state index contributed by atoms with van der Waals surface area (Å²) >= 11 is 1.65. The summed E-state index contributed by atoms with van der Waals surface area (Å²) in [5.41, 5.74) is 1.06. The number of aromatic nitrogens is 1. The van der Waals surface area contributed by atoms with Crippen LogP contribution in [0.25, 0.3) is 0 Å². The number of ether oxygens (including phenoxy) is 1. The summed E-state index contributed by atoms with van der Waals surface area (Å²) in [5, 5.41) is 3.12. The zero-order valence-corrected chi connectivity index (χ0v) is 10.1. The van der Waals surface area contributed by atoms with Gasteiger partial charge in [-0.3, -0.25) is 9.69 Å². The fourth-order valence-corrected chi connectivity index (χ4v) is 1.82. The van der Waals surface area contributed by atoms with Crippen LogP contribution in [0.1, 0.15) is 17.1 Å². The van der Waals surface area contributed by atoms with Gasteiger partial charge in [-0.15, -0.1) is 11.3 Å². The molecule has 0 aromatic carbocycles. The summed E-state index contributed by atoms with van der Waals surface area (Å²) in [5.74, 6) is -0.170. The summed E-state index contributed by atoms with van der Waals surface area (Å²) in [6.07, 6.45) is 0.427. The largest absolute Gasteiger partial charge is 0.469 e. The Kier molecular flexibility index (Phi) is 4.71. The lowest BCUT2D eigenvalue weighted by Gasteiger charge is -2.13. The van der Waals surface area contributed by atoms with Crippen molar-refractivity contribution in [2.45, 2.75) is 19.9 Å². The Morgan fingerprint density at radius 2 is 2.40 bits per heavy atom. The number of thiazole rings is 1. The van der Waals surface area contributed by atoms with E-state index in [4.69, 9.17) is 0 Å². The number of nitrogens with zero attached hydrogens (tertiary/aromatic N) is 2. The van der Waals surface area contributed by atoms with E-state index in [2.05, 4.69) is 14.6 Å². The highest BCUT2D eigenvalue weighted by Crippen LogP contribution is 2.09. The lowest BCUT2D eigenvalue weighted by molar-refractivity contribution is -0.140. The number of rotatable bonds is 5. The summed E-state index contributed by atoms with van der Waals surface area (Å²) in [6.45, 7) is 3.47. The predicted octanol–water partition coefficient (Wildman–Crippen LogP) is 1.45. The van der Waals surface area contributed by atoms with E-state index >= 15 is 0 Å². The van der Waals surface area contributed by atoms with Gasteiger partial charge < -0.3 is 4.74 Å². The highest BCUT2D eigenvalue weighted by Gasteiger charge is 2.06. The molecule has 0 aliphatic carbocycles. The third-order valence-electron chi connectivity index (χ3n) is 2.02. The van der Waals surface area contributed by atoms with Crippen molar-refractivity contribution in [3.63, 3.8) is 0 Å². The molecule has 1 aromatic heterocycles. The molecule has 0 unspecified atom stereocenters. The quantitative estimate of drug-likeness (QED) is 0.715. The Morgan fingerprint density at radius 3 is 2.93 bits per heavy atom. The molecule has 1 aromatic rings. The van der Waals surface area contributed by atoms with Gasteiger partial charge in [0.15, 0.2) is 0 Å². The van der Waals surface area contributed by atoms with E-state index in [1.54, 1.807) is 11.3 Å². The molecule has 0 N–H and O–H groups in total. The fourth-order valence-electron chi connectivity index (χ4n) is 1.22. The molecule has 1 rings (SSSR count). The first-order valence-corrected chi connectivity index (χ1v) is 5.66. The van der Waals surface area contributed by atoms with E-state index < -0.39 is 0 Å². The number of esters is 1. The number of carbonyl (C=O) groups excluding carboxylic acids is 1. The van der Waals surface area contributed by atoms with Crippen LogP contribution in [0.4, 0.5) is 0 Å². The van der Waals surface area contributed by atoms with Crippen LogP contribution in [0, 0.1) is 6.92 Å². The van der Waals surface area contributed by atoms with Crippen LogP contribution in [0.2, 0.25) is 0 Å². The van der Waals surface area contributed by atoms with Crippen LogP contribution in [0.3, 0.4) is 0 Å². The van der Waals surface area contributed by atoms with Crippen molar-refractivity contribution < 1.29 is 9.53 Å². The van der Waals surface area contributed by atoms with E-state index in [0.29, 0.717) is 13.0 Å². The molecule has 0 saturated carbocycles. The molecule has 0 amide bonds. The molecule has 4 nitrogen and oxygen atoms in total. The smallest absolute Gasteiger partial charge is 0.306 e. The Labute approximate surface area is 93.9 Å². The highest BCUT2D eigenvalue weighted by molar-refractivity contribution is 7.09. The molecule has 84 valence electrons. The van der Waals surface area contributed by atoms with Gasteiger partial charge in [0.05, 0.1) is 24.2 Å². The molecule has 15 heavy (non-hydrogen) atoms. The zero-order chi connectivity index (χ0) is 11.3. The molecular weight excluding hydrogens is 212 g/mol. The summed E-state index contributed by atoms with van der Waals surface area (Å²) < 4.78 is 4.58. The van der Waals surface area contributed by atoms with Crippen molar-refractivity contribution in [3.05, 3.63) is 16.1 Å². The van der Waals surface area contributed by atoms with E-state index in [1.165, 1.54) is 7.11 Å². The second kappa shape index (κ2) is 5.82. The molecule has 0 bridgehead atoms. The Bertz CT molecular complexity index is 325. The molecule has 0 aliphatic heterocycles. The van der Waals surface area contributed by atoms with Crippen LogP contribution in [-0.2, 0) is 16.1 Å².